The lowest BCUT2D eigenvalue weighted by Gasteiger charge is -2.30. The number of hydrogen-bond donors (Lipinski definition) is 1. The molecule has 1 rings (SSSR count). The lowest BCUT2D eigenvalue weighted by Crippen LogP contribution is -2.45. The average molecular weight is 208 g/mol. The van der Waals surface area contributed by atoms with E-state index in [1.165, 1.54) is 10.6 Å². The summed E-state index contributed by atoms with van der Waals surface area (Å²) in [4.78, 5) is 0. The fourth-order valence-electron chi connectivity index (χ4n) is 1.35. The number of rotatable bonds is 3. The molecule has 0 spiro atoms. The van der Waals surface area contributed by atoms with Crippen LogP contribution in [0.5, 0.6) is 0 Å². The van der Waals surface area contributed by atoms with Gasteiger partial charge in [0.05, 0.1) is 19.0 Å². The Bertz CT molecular complexity index is 250. The Balaban J connectivity index is 2.52. The lowest BCUT2D eigenvalue weighted by molar-refractivity contribution is -0.00385. The summed E-state index contributed by atoms with van der Waals surface area (Å²) in [6.07, 6.45) is 1.90. The van der Waals surface area contributed by atoms with E-state index in [1.54, 1.807) is 0 Å². The Hall–Kier alpha value is -0.170. The SMILES string of the molecule is CS(=O)(=O)N1CCOC(CCN)C1. The summed E-state index contributed by atoms with van der Waals surface area (Å²) in [5.41, 5.74) is 5.37. The molecule has 0 bridgehead atoms. The molecular weight excluding hydrogens is 192 g/mol. The summed E-state index contributed by atoms with van der Waals surface area (Å²) in [7, 11) is -3.06. The van der Waals surface area contributed by atoms with Crippen LogP contribution in [0.2, 0.25) is 0 Å². The molecule has 0 aromatic rings. The number of ether oxygens (including phenoxy) is 1. The first-order valence-corrected chi connectivity index (χ1v) is 6.15. The first-order chi connectivity index (χ1) is 6.04. The molecule has 1 atom stereocenters. The molecule has 1 saturated heterocycles. The molecule has 78 valence electrons. The molecule has 0 saturated carbocycles. The van der Waals surface area contributed by atoms with Crippen molar-refractivity contribution >= 4 is 10.0 Å². The Morgan fingerprint density at radius 1 is 1.62 bits per heavy atom. The fraction of sp³-hybridized carbons (Fsp3) is 1.00. The van der Waals surface area contributed by atoms with Gasteiger partial charge in [0.15, 0.2) is 0 Å². The zero-order valence-electron chi connectivity index (χ0n) is 7.77. The van der Waals surface area contributed by atoms with Crippen LogP contribution in [0.3, 0.4) is 0 Å². The minimum atomic E-state index is -3.06. The van der Waals surface area contributed by atoms with Crippen LogP contribution in [0, 0.1) is 0 Å². The third kappa shape index (κ3) is 3.22. The van der Waals surface area contributed by atoms with Crippen LogP contribution in [-0.4, -0.2) is 51.3 Å². The van der Waals surface area contributed by atoms with Gasteiger partial charge in [-0.1, -0.05) is 0 Å². The van der Waals surface area contributed by atoms with Crippen molar-refractivity contribution in [2.24, 2.45) is 5.73 Å². The van der Waals surface area contributed by atoms with Gasteiger partial charge in [-0.15, -0.1) is 0 Å². The fourth-order valence-corrected chi connectivity index (χ4v) is 2.20. The van der Waals surface area contributed by atoms with Gasteiger partial charge < -0.3 is 10.5 Å². The molecule has 0 aromatic carbocycles. The summed E-state index contributed by atoms with van der Waals surface area (Å²) >= 11 is 0. The van der Waals surface area contributed by atoms with Crippen molar-refractivity contribution < 1.29 is 13.2 Å². The molecule has 6 heteroatoms. The van der Waals surface area contributed by atoms with Crippen molar-refractivity contribution in [3.05, 3.63) is 0 Å². The van der Waals surface area contributed by atoms with Crippen molar-refractivity contribution in [2.45, 2.75) is 12.5 Å². The van der Waals surface area contributed by atoms with Crippen LogP contribution in [0.1, 0.15) is 6.42 Å². The van der Waals surface area contributed by atoms with Crippen LogP contribution in [0.25, 0.3) is 0 Å². The molecule has 1 aliphatic heterocycles. The normalized spacial score (nSPS) is 26.2. The molecule has 13 heavy (non-hydrogen) atoms. The molecule has 0 radical (unpaired) electrons. The largest absolute Gasteiger partial charge is 0.375 e. The van der Waals surface area contributed by atoms with Crippen LogP contribution < -0.4 is 5.73 Å². The molecule has 1 aliphatic rings. The third-order valence-electron chi connectivity index (χ3n) is 2.06. The second-order valence-corrected chi connectivity index (χ2v) is 5.17. The lowest BCUT2D eigenvalue weighted by atomic mass is 10.2. The van der Waals surface area contributed by atoms with Gasteiger partial charge in [-0.25, -0.2) is 8.42 Å². The monoisotopic (exact) mass is 208 g/mol. The van der Waals surface area contributed by atoms with Crippen molar-refractivity contribution in [1.29, 1.82) is 0 Å². The molecule has 1 unspecified atom stereocenters. The van der Waals surface area contributed by atoms with Crippen LogP contribution in [-0.2, 0) is 14.8 Å². The third-order valence-corrected chi connectivity index (χ3v) is 3.33. The molecule has 1 fully saturated rings. The second kappa shape index (κ2) is 4.36. The maximum atomic E-state index is 11.2. The highest BCUT2D eigenvalue weighted by Crippen LogP contribution is 2.10. The van der Waals surface area contributed by atoms with E-state index in [9.17, 15) is 8.42 Å². The van der Waals surface area contributed by atoms with Gasteiger partial charge in [-0.2, -0.15) is 4.31 Å². The maximum Gasteiger partial charge on any atom is 0.211 e. The van der Waals surface area contributed by atoms with Gasteiger partial charge in [-0.3, -0.25) is 0 Å². The Morgan fingerprint density at radius 2 is 2.31 bits per heavy atom. The van der Waals surface area contributed by atoms with Crippen molar-refractivity contribution in [3.8, 4) is 0 Å². The first kappa shape index (κ1) is 10.9. The molecule has 1 heterocycles. The molecular formula is C7H16N2O3S. The van der Waals surface area contributed by atoms with Gasteiger partial charge in [0.1, 0.15) is 0 Å². The predicted octanol–water partition coefficient (Wildman–Crippen LogP) is -1.00. The average Bonchev–Trinajstić information content (AvgIpc) is 2.04. The Labute approximate surface area is 78.9 Å². The predicted molar refractivity (Wildman–Crippen MR) is 49.8 cm³/mol. The minimum absolute atomic E-state index is 0.0338. The van der Waals surface area contributed by atoms with E-state index >= 15 is 0 Å². The number of nitrogens with zero attached hydrogens (tertiary/aromatic N) is 1. The van der Waals surface area contributed by atoms with E-state index < -0.39 is 10.0 Å². The Morgan fingerprint density at radius 3 is 2.85 bits per heavy atom. The minimum Gasteiger partial charge on any atom is -0.375 e. The van der Waals surface area contributed by atoms with E-state index in [0.29, 0.717) is 32.7 Å². The van der Waals surface area contributed by atoms with E-state index in [-0.39, 0.29) is 6.10 Å². The number of hydrogen-bond acceptors (Lipinski definition) is 4. The molecule has 5 nitrogen and oxygen atoms in total. The highest BCUT2D eigenvalue weighted by molar-refractivity contribution is 7.88. The standard InChI is InChI=1S/C7H16N2O3S/c1-13(10,11)9-4-5-12-7(6-9)2-3-8/h7H,2-6,8H2,1H3. The van der Waals surface area contributed by atoms with Crippen LogP contribution in [0.4, 0.5) is 0 Å². The molecule has 0 amide bonds. The van der Waals surface area contributed by atoms with E-state index in [0.717, 1.165) is 0 Å². The topological polar surface area (TPSA) is 72.6 Å². The summed E-state index contributed by atoms with van der Waals surface area (Å²) in [6.45, 7) is 1.90. The second-order valence-electron chi connectivity index (χ2n) is 3.19. The zero-order chi connectivity index (χ0) is 9.90. The van der Waals surface area contributed by atoms with Crippen LogP contribution in [0.15, 0.2) is 0 Å². The Kier molecular flexibility index (Phi) is 3.66. The smallest absolute Gasteiger partial charge is 0.211 e. The summed E-state index contributed by atoms with van der Waals surface area (Å²) in [5, 5.41) is 0. The number of nitrogens with two attached hydrogens (primary N) is 1. The van der Waals surface area contributed by atoms with Gasteiger partial charge in [0, 0.05) is 13.1 Å². The highest BCUT2D eigenvalue weighted by atomic mass is 32.2. The molecule has 0 aliphatic carbocycles. The number of sulfonamides is 1. The van der Waals surface area contributed by atoms with Gasteiger partial charge >= 0.3 is 0 Å². The van der Waals surface area contributed by atoms with E-state index in [1.807, 2.05) is 0 Å². The summed E-state index contributed by atoms with van der Waals surface area (Å²) in [6, 6.07) is 0. The zero-order valence-corrected chi connectivity index (χ0v) is 8.59. The van der Waals surface area contributed by atoms with E-state index in [2.05, 4.69) is 0 Å². The highest BCUT2D eigenvalue weighted by Gasteiger charge is 2.25. The van der Waals surface area contributed by atoms with Gasteiger partial charge in [0.25, 0.3) is 0 Å². The molecule has 2 N–H and O–H groups in total. The quantitative estimate of drug-likeness (QED) is 0.645. The summed E-state index contributed by atoms with van der Waals surface area (Å²) < 4.78 is 29.1. The van der Waals surface area contributed by atoms with E-state index in [4.69, 9.17) is 10.5 Å². The van der Waals surface area contributed by atoms with Crippen molar-refractivity contribution in [2.75, 3.05) is 32.5 Å². The molecule has 0 aromatic heterocycles. The van der Waals surface area contributed by atoms with Crippen molar-refractivity contribution in [1.82, 2.24) is 4.31 Å². The summed E-state index contributed by atoms with van der Waals surface area (Å²) in [5.74, 6) is 0. The number of morpholine rings is 1. The first-order valence-electron chi connectivity index (χ1n) is 4.31. The van der Waals surface area contributed by atoms with Gasteiger partial charge in [-0.05, 0) is 13.0 Å². The van der Waals surface area contributed by atoms with Crippen molar-refractivity contribution in [3.63, 3.8) is 0 Å². The maximum absolute atomic E-state index is 11.2. The van der Waals surface area contributed by atoms with Crippen LogP contribution >= 0.6 is 0 Å². The van der Waals surface area contributed by atoms with Gasteiger partial charge in [0.2, 0.25) is 10.0 Å².